The van der Waals surface area contributed by atoms with Crippen molar-refractivity contribution in [3.05, 3.63) is 40.9 Å². The normalized spacial score (nSPS) is 15.3. The average molecular weight is 330 g/mol. The third kappa shape index (κ3) is 4.55. The van der Waals surface area contributed by atoms with Gasteiger partial charge in [0.1, 0.15) is 5.75 Å². The molecular formula is C18H22N2O2S. The van der Waals surface area contributed by atoms with Gasteiger partial charge >= 0.3 is 0 Å². The Bertz CT molecular complexity index is 645. The van der Waals surface area contributed by atoms with E-state index >= 15 is 0 Å². The second kappa shape index (κ2) is 7.59. The van der Waals surface area contributed by atoms with Crippen LogP contribution in [-0.4, -0.2) is 17.5 Å². The maximum atomic E-state index is 11.8. The quantitative estimate of drug-likeness (QED) is 0.877. The third-order valence-electron chi connectivity index (χ3n) is 4.19. The maximum absolute atomic E-state index is 11.8. The number of benzene rings is 1. The molecule has 1 aromatic heterocycles. The fraction of sp³-hybridized carbons (Fsp3) is 0.444. The molecule has 1 aliphatic rings. The Labute approximate surface area is 140 Å². The number of rotatable bonds is 5. The fourth-order valence-corrected chi connectivity index (χ4v) is 3.69. The van der Waals surface area contributed by atoms with Crippen LogP contribution in [0.15, 0.2) is 29.6 Å². The topological polar surface area (TPSA) is 51.2 Å². The highest BCUT2D eigenvalue weighted by molar-refractivity contribution is 7.13. The van der Waals surface area contributed by atoms with Gasteiger partial charge in [-0.2, -0.15) is 0 Å². The number of amides is 1. The Morgan fingerprint density at radius 1 is 1.26 bits per heavy atom. The highest BCUT2D eigenvalue weighted by Gasteiger charge is 2.15. The zero-order valence-corrected chi connectivity index (χ0v) is 14.2. The van der Waals surface area contributed by atoms with E-state index in [1.165, 1.54) is 49.0 Å². The Morgan fingerprint density at radius 3 is 2.65 bits per heavy atom. The number of hydrogen-bond donors (Lipinski definition) is 1. The average Bonchev–Trinajstić information content (AvgIpc) is 2.99. The second-order valence-electron chi connectivity index (χ2n) is 6.03. The van der Waals surface area contributed by atoms with Crippen molar-refractivity contribution in [3.63, 3.8) is 0 Å². The van der Waals surface area contributed by atoms with Gasteiger partial charge in [-0.25, -0.2) is 4.98 Å². The van der Waals surface area contributed by atoms with Gasteiger partial charge in [0.15, 0.2) is 11.7 Å². The first-order valence-electron chi connectivity index (χ1n) is 8.15. The highest BCUT2D eigenvalue weighted by atomic mass is 32.1. The summed E-state index contributed by atoms with van der Waals surface area (Å²) in [5.41, 5.74) is 2.30. The number of ether oxygens (including phenoxy) is 1. The predicted molar refractivity (Wildman–Crippen MR) is 93.2 cm³/mol. The summed E-state index contributed by atoms with van der Waals surface area (Å²) in [6.07, 6.45) is 6.61. The third-order valence-corrected chi connectivity index (χ3v) is 5.07. The Balaban J connectivity index is 1.49. The molecule has 1 N–H and O–H groups in total. The van der Waals surface area contributed by atoms with Crippen LogP contribution in [0.4, 0.5) is 5.13 Å². The van der Waals surface area contributed by atoms with E-state index in [9.17, 15) is 4.79 Å². The van der Waals surface area contributed by atoms with Crippen molar-refractivity contribution >= 4 is 22.4 Å². The van der Waals surface area contributed by atoms with Crippen LogP contribution in [0.25, 0.3) is 0 Å². The number of nitrogens with zero attached hydrogens (tertiary/aromatic N) is 1. The standard InChI is InChI=1S/C18H22N2O2S/c1-13-12-23-18(19-13)20-17(21)11-22-16-9-7-15(8-10-16)14-5-3-2-4-6-14/h7-10,12,14H,2-6,11H2,1H3,(H,19,20,21). The smallest absolute Gasteiger partial charge is 0.264 e. The molecule has 0 unspecified atom stereocenters. The molecule has 1 amide bonds. The van der Waals surface area contributed by atoms with E-state index < -0.39 is 0 Å². The van der Waals surface area contributed by atoms with Crippen LogP contribution in [0.3, 0.4) is 0 Å². The SMILES string of the molecule is Cc1csc(NC(=O)COc2ccc(C3CCCCC3)cc2)n1. The molecule has 1 saturated carbocycles. The first-order valence-corrected chi connectivity index (χ1v) is 9.03. The van der Waals surface area contributed by atoms with Crippen LogP contribution >= 0.6 is 11.3 Å². The van der Waals surface area contributed by atoms with Gasteiger partial charge in [-0.05, 0) is 43.4 Å². The lowest BCUT2D eigenvalue weighted by atomic mass is 9.84. The molecule has 0 aliphatic heterocycles. The Kier molecular flexibility index (Phi) is 5.28. The fourth-order valence-electron chi connectivity index (χ4n) is 2.99. The lowest BCUT2D eigenvalue weighted by molar-refractivity contribution is -0.118. The van der Waals surface area contributed by atoms with Crippen molar-refractivity contribution in [3.8, 4) is 5.75 Å². The molecule has 0 bridgehead atoms. The van der Waals surface area contributed by atoms with Crippen LogP contribution in [0.5, 0.6) is 5.75 Å². The van der Waals surface area contributed by atoms with Crippen molar-refractivity contribution < 1.29 is 9.53 Å². The molecule has 0 spiro atoms. The molecule has 4 nitrogen and oxygen atoms in total. The maximum Gasteiger partial charge on any atom is 0.264 e. The van der Waals surface area contributed by atoms with Gasteiger partial charge in [-0.15, -0.1) is 11.3 Å². The van der Waals surface area contributed by atoms with Crippen molar-refractivity contribution in [2.45, 2.75) is 44.9 Å². The molecule has 0 saturated heterocycles. The summed E-state index contributed by atoms with van der Waals surface area (Å²) in [7, 11) is 0. The van der Waals surface area contributed by atoms with E-state index in [1.54, 1.807) is 0 Å². The molecule has 23 heavy (non-hydrogen) atoms. The first kappa shape index (κ1) is 16.0. The van der Waals surface area contributed by atoms with Crippen LogP contribution in [-0.2, 0) is 4.79 Å². The Morgan fingerprint density at radius 2 is 2.00 bits per heavy atom. The highest BCUT2D eigenvalue weighted by Crippen LogP contribution is 2.33. The van der Waals surface area contributed by atoms with Gasteiger partial charge in [-0.1, -0.05) is 31.4 Å². The van der Waals surface area contributed by atoms with E-state index in [0.29, 0.717) is 11.0 Å². The number of carbonyl (C=O) groups is 1. The summed E-state index contributed by atoms with van der Waals surface area (Å²) in [4.78, 5) is 16.0. The largest absolute Gasteiger partial charge is 0.484 e. The zero-order chi connectivity index (χ0) is 16.1. The van der Waals surface area contributed by atoms with Crippen molar-refractivity contribution in [2.75, 3.05) is 11.9 Å². The molecule has 1 fully saturated rings. The van der Waals surface area contributed by atoms with Crippen LogP contribution in [0, 0.1) is 6.92 Å². The number of hydrogen-bond acceptors (Lipinski definition) is 4. The van der Waals surface area contributed by atoms with Gasteiger partial charge in [-0.3, -0.25) is 10.1 Å². The number of aromatic nitrogens is 1. The molecule has 1 aromatic carbocycles. The molecule has 3 rings (SSSR count). The molecule has 1 aliphatic carbocycles. The van der Waals surface area contributed by atoms with Gasteiger partial charge in [0.2, 0.25) is 0 Å². The molecule has 0 atom stereocenters. The summed E-state index contributed by atoms with van der Waals surface area (Å²) in [6.45, 7) is 1.90. The van der Waals surface area contributed by atoms with Gasteiger partial charge in [0, 0.05) is 5.38 Å². The van der Waals surface area contributed by atoms with E-state index in [4.69, 9.17) is 4.74 Å². The minimum atomic E-state index is -0.185. The number of thiazole rings is 1. The van der Waals surface area contributed by atoms with Crippen molar-refractivity contribution in [1.29, 1.82) is 0 Å². The summed E-state index contributed by atoms with van der Waals surface area (Å²) in [6, 6.07) is 8.19. The van der Waals surface area contributed by atoms with E-state index in [-0.39, 0.29) is 12.5 Å². The molecule has 0 radical (unpaired) electrons. The summed E-state index contributed by atoms with van der Waals surface area (Å²) in [5.74, 6) is 1.24. The lowest BCUT2D eigenvalue weighted by Crippen LogP contribution is -2.20. The first-order chi connectivity index (χ1) is 11.2. The Hall–Kier alpha value is -1.88. The number of carbonyl (C=O) groups excluding carboxylic acids is 1. The van der Waals surface area contributed by atoms with Crippen molar-refractivity contribution in [1.82, 2.24) is 4.98 Å². The van der Waals surface area contributed by atoms with Crippen molar-refractivity contribution in [2.24, 2.45) is 0 Å². The van der Waals surface area contributed by atoms with Gasteiger partial charge in [0.25, 0.3) is 5.91 Å². The van der Waals surface area contributed by atoms with Gasteiger partial charge in [0.05, 0.1) is 5.69 Å². The van der Waals surface area contributed by atoms with E-state index in [0.717, 1.165) is 11.4 Å². The molecule has 5 heteroatoms. The summed E-state index contributed by atoms with van der Waals surface area (Å²) >= 11 is 1.42. The van der Waals surface area contributed by atoms with Crippen LogP contribution < -0.4 is 10.1 Å². The number of anilines is 1. The van der Waals surface area contributed by atoms with Crippen LogP contribution in [0.1, 0.15) is 49.3 Å². The molecule has 122 valence electrons. The molecular weight excluding hydrogens is 308 g/mol. The monoisotopic (exact) mass is 330 g/mol. The molecule has 2 aromatic rings. The predicted octanol–water partition coefficient (Wildman–Crippen LogP) is 4.52. The minimum absolute atomic E-state index is 0.00139. The number of nitrogens with one attached hydrogen (secondary N) is 1. The number of aryl methyl sites for hydroxylation is 1. The van der Waals surface area contributed by atoms with E-state index in [1.807, 2.05) is 24.4 Å². The van der Waals surface area contributed by atoms with E-state index in [2.05, 4.69) is 22.4 Å². The molecule has 1 heterocycles. The summed E-state index contributed by atoms with van der Waals surface area (Å²) in [5, 5.41) is 5.26. The minimum Gasteiger partial charge on any atom is -0.484 e. The second-order valence-corrected chi connectivity index (χ2v) is 6.89. The van der Waals surface area contributed by atoms with Gasteiger partial charge < -0.3 is 4.74 Å². The lowest BCUT2D eigenvalue weighted by Gasteiger charge is -2.22. The van der Waals surface area contributed by atoms with Crippen LogP contribution in [0.2, 0.25) is 0 Å². The zero-order valence-electron chi connectivity index (χ0n) is 13.4. The summed E-state index contributed by atoms with van der Waals surface area (Å²) < 4.78 is 5.55.